The third kappa shape index (κ3) is 4.28. The third-order valence-electron chi connectivity index (χ3n) is 4.41. The summed E-state index contributed by atoms with van der Waals surface area (Å²) >= 11 is 0. The molecule has 2 N–H and O–H groups in total. The zero-order chi connectivity index (χ0) is 18.6. The van der Waals surface area contributed by atoms with Crippen LogP contribution in [0.15, 0.2) is 24.3 Å². The van der Waals surface area contributed by atoms with Gasteiger partial charge in [-0.3, -0.25) is 4.79 Å². The third-order valence-corrected chi connectivity index (χ3v) is 4.41. The lowest BCUT2D eigenvalue weighted by Crippen LogP contribution is -2.21. The van der Waals surface area contributed by atoms with E-state index in [0.717, 1.165) is 19.4 Å². The van der Waals surface area contributed by atoms with Crippen LogP contribution in [-0.4, -0.2) is 48.3 Å². The molecule has 1 saturated heterocycles. The van der Waals surface area contributed by atoms with Crippen LogP contribution in [0.4, 0.5) is 11.5 Å². The predicted molar refractivity (Wildman–Crippen MR) is 99.6 cm³/mol. The van der Waals surface area contributed by atoms with Crippen LogP contribution in [0.2, 0.25) is 0 Å². The van der Waals surface area contributed by atoms with Crippen molar-refractivity contribution >= 4 is 17.4 Å². The van der Waals surface area contributed by atoms with Crippen molar-refractivity contribution in [1.29, 1.82) is 0 Å². The topological polar surface area (TPSA) is 94.6 Å². The number of ether oxygens (including phenoxy) is 3. The van der Waals surface area contributed by atoms with E-state index in [9.17, 15) is 4.79 Å². The summed E-state index contributed by atoms with van der Waals surface area (Å²) < 4.78 is 16.6. The average Bonchev–Trinajstić information content (AvgIpc) is 3.19. The van der Waals surface area contributed by atoms with Crippen LogP contribution in [0.1, 0.15) is 29.2 Å². The summed E-state index contributed by atoms with van der Waals surface area (Å²) in [5.74, 6) is 2.14. The smallest absolute Gasteiger partial charge is 0.274 e. The van der Waals surface area contributed by atoms with Gasteiger partial charge >= 0.3 is 0 Å². The molecule has 142 valence electrons. The highest BCUT2D eigenvalue weighted by Crippen LogP contribution is 2.32. The number of hydrogen-bond donors (Lipinski definition) is 2. The Morgan fingerprint density at radius 1 is 1.15 bits per heavy atom. The van der Waals surface area contributed by atoms with Crippen molar-refractivity contribution in [3.63, 3.8) is 0 Å². The first-order valence-corrected chi connectivity index (χ1v) is 9.09. The maximum atomic E-state index is 12.6. The molecule has 1 aromatic carbocycles. The number of amides is 1. The molecule has 0 saturated carbocycles. The van der Waals surface area contributed by atoms with Gasteiger partial charge in [0.1, 0.15) is 30.5 Å². The van der Waals surface area contributed by atoms with E-state index in [1.807, 2.05) is 0 Å². The van der Waals surface area contributed by atoms with Crippen LogP contribution < -0.4 is 20.1 Å². The van der Waals surface area contributed by atoms with Crippen molar-refractivity contribution in [2.24, 2.45) is 0 Å². The SMILES string of the molecule is Cc1nc(NCC2CCCO2)cc(C(=O)Nc2ccc3c(c2)OCCO3)n1. The lowest BCUT2D eigenvalue weighted by molar-refractivity contribution is 0.102. The largest absolute Gasteiger partial charge is 0.486 e. The molecule has 0 spiro atoms. The van der Waals surface area contributed by atoms with Gasteiger partial charge in [-0.2, -0.15) is 0 Å². The summed E-state index contributed by atoms with van der Waals surface area (Å²) in [7, 11) is 0. The lowest BCUT2D eigenvalue weighted by Gasteiger charge is -2.19. The van der Waals surface area contributed by atoms with Crippen molar-refractivity contribution in [2.45, 2.75) is 25.9 Å². The molecule has 8 heteroatoms. The molecular formula is C19H22N4O4. The number of aryl methyl sites for hydroxylation is 1. The van der Waals surface area contributed by atoms with Gasteiger partial charge in [0.05, 0.1) is 6.10 Å². The lowest BCUT2D eigenvalue weighted by atomic mass is 10.2. The molecular weight excluding hydrogens is 348 g/mol. The molecule has 0 radical (unpaired) electrons. The molecule has 1 amide bonds. The zero-order valence-electron chi connectivity index (χ0n) is 15.2. The van der Waals surface area contributed by atoms with Crippen LogP contribution in [-0.2, 0) is 4.74 Å². The van der Waals surface area contributed by atoms with E-state index in [2.05, 4.69) is 20.6 Å². The van der Waals surface area contributed by atoms with Crippen LogP contribution in [0.25, 0.3) is 0 Å². The number of fused-ring (bicyclic) bond motifs is 1. The van der Waals surface area contributed by atoms with Crippen LogP contribution in [0, 0.1) is 6.92 Å². The Balaban J connectivity index is 1.44. The number of hydrogen-bond acceptors (Lipinski definition) is 7. The second-order valence-electron chi connectivity index (χ2n) is 6.51. The number of benzene rings is 1. The van der Waals surface area contributed by atoms with Gasteiger partial charge in [0, 0.05) is 31.0 Å². The molecule has 2 aliphatic heterocycles. The van der Waals surface area contributed by atoms with E-state index in [1.54, 1.807) is 31.2 Å². The first-order chi connectivity index (χ1) is 13.2. The Morgan fingerprint density at radius 3 is 2.81 bits per heavy atom. The minimum absolute atomic E-state index is 0.190. The van der Waals surface area contributed by atoms with Crippen molar-refractivity contribution in [3.8, 4) is 11.5 Å². The van der Waals surface area contributed by atoms with Crippen molar-refractivity contribution < 1.29 is 19.0 Å². The maximum Gasteiger partial charge on any atom is 0.274 e. The van der Waals surface area contributed by atoms with Crippen LogP contribution in [0.5, 0.6) is 11.5 Å². The zero-order valence-corrected chi connectivity index (χ0v) is 15.2. The molecule has 8 nitrogen and oxygen atoms in total. The summed E-state index contributed by atoms with van der Waals surface area (Å²) in [6, 6.07) is 6.95. The molecule has 1 atom stereocenters. The van der Waals surface area contributed by atoms with Crippen LogP contribution >= 0.6 is 0 Å². The summed E-state index contributed by atoms with van der Waals surface area (Å²) in [5.41, 5.74) is 0.918. The molecule has 1 aromatic heterocycles. The number of rotatable bonds is 5. The van der Waals surface area contributed by atoms with Crippen LogP contribution in [0.3, 0.4) is 0 Å². The van der Waals surface area contributed by atoms with Gasteiger partial charge in [-0.25, -0.2) is 9.97 Å². The Kier molecular flexibility index (Phi) is 5.06. The van der Waals surface area contributed by atoms with Gasteiger partial charge in [-0.1, -0.05) is 0 Å². The number of anilines is 2. The maximum absolute atomic E-state index is 12.6. The first kappa shape index (κ1) is 17.5. The molecule has 3 heterocycles. The first-order valence-electron chi connectivity index (χ1n) is 9.09. The quantitative estimate of drug-likeness (QED) is 0.834. The van der Waals surface area contributed by atoms with Gasteiger partial charge in [0.25, 0.3) is 5.91 Å². The highest BCUT2D eigenvalue weighted by molar-refractivity contribution is 6.03. The van der Waals surface area contributed by atoms with Gasteiger partial charge < -0.3 is 24.8 Å². The summed E-state index contributed by atoms with van der Waals surface area (Å²) in [5, 5.41) is 6.08. The van der Waals surface area contributed by atoms with Crippen molar-refractivity contribution in [1.82, 2.24) is 9.97 Å². The van der Waals surface area contributed by atoms with E-state index >= 15 is 0 Å². The molecule has 2 aromatic rings. The Bertz CT molecular complexity index is 836. The monoisotopic (exact) mass is 370 g/mol. The Hall–Kier alpha value is -2.87. The highest BCUT2D eigenvalue weighted by Gasteiger charge is 2.17. The number of carbonyl (C=O) groups excluding carboxylic acids is 1. The highest BCUT2D eigenvalue weighted by atomic mass is 16.6. The average molecular weight is 370 g/mol. The minimum atomic E-state index is -0.308. The van der Waals surface area contributed by atoms with E-state index in [-0.39, 0.29) is 12.0 Å². The van der Waals surface area contributed by atoms with Crippen molar-refractivity contribution in [2.75, 3.05) is 37.0 Å². The molecule has 2 aliphatic rings. The summed E-state index contributed by atoms with van der Waals surface area (Å²) in [4.78, 5) is 21.2. The van der Waals surface area contributed by atoms with Gasteiger partial charge in [-0.15, -0.1) is 0 Å². The molecule has 1 fully saturated rings. The summed E-state index contributed by atoms with van der Waals surface area (Å²) in [6.45, 7) is 4.26. The van der Waals surface area contributed by atoms with Crippen molar-refractivity contribution in [3.05, 3.63) is 35.8 Å². The number of carbonyl (C=O) groups is 1. The number of aromatic nitrogens is 2. The second-order valence-corrected chi connectivity index (χ2v) is 6.51. The molecule has 0 bridgehead atoms. The van der Waals surface area contributed by atoms with E-state index in [1.165, 1.54) is 0 Å². The molecule has 4 rings (SSSR count). The fourth-order valence-corrected chi connectivity index (χ4v) is 3.11. The van der Waals surface area contributed by atoms with E-state index in [0.29, 0.717) is 54.3 Å². The van der Waals surface area contributed by atoms with Gasteiger partial charge in [-0.05, 0) is 31.9 Å². The fraction of sp³-hybridized carbons (Fsp3) is 0.421. The second kappa shape index (κ2) is 7.79. The van der Waals surface area contributed by atoms with Gasteiger partial charge in [0.2, 0.25) is 0 Å². The van der Waals surface area contributed by atoms with E-state index in [4.69, 9.17) is 14.2 Å². The standard InChI is InChI=1S/C19H22N4O4/c1-12-21-15(10-18(22-12)20-11-14-3-2-6-25-14)19(24)23-13-4-5-16-17(9-13)27-8-7-26-16/h4-5,9-10,14H,2-3,6-8,11H2,1H3,(H,23,24)(H,20,21,22). The Morgan fingerprint density at radius 2 is 2.00 bits per heavy atom. The predicted octanol–water partition coefficient (Wildman–Crippen LogP) is 2.40. The number of nitrogens with one attached hydrogen (secondary N) is 2. The van der Waals surface area contributed by atoms with E-state index < -0.39 is 0 Å². The summed E-state index contributed by atoms with van der Waals surface area (Å²) in [6.07, 6.45) is 2.31. The fourth-order valence-electron chi connectivity index (χ4n) is 3.11. The Labute approximate surface area is 157 Å². The van der Waals surface area contributed by atoms with Gasteiger partial charge in [0.15, 0.2) is 11.5 Å². The molecule has 0 aliphatic carbocycles. The minimum Gasteiger partial charge on any atom is -0.486 e. The number of nitrogens with zero attached hydrogens (tertiary/aromatic N) is 2. The molecule has 1 unspecified atom stereocenters. The molecule has 27 heavy (non-hydrogen) atoms. The normalized spacial score (nSPS) is 18.2.